The van der Waals surface area contributed by atoms with Gasteiger partial charge in [0.1, 0.15) is 0 Å². The molecule has 1 heterocycles. The maximum absolute atomic E-state index is 5.82. The average Bonchev–Trinajstić information content (AvgIpc) is 2.79. The molecule has 0 amide bonds. The second kappa shape index (κ2) is 3.82. The summed E-state index contributed by atoms with van der Waals surface area (Å²) in [4.78, 5) is 0. The van der Waals surface area contributed by atoms with Crippen LogP contribution < -0.4 is 5.32 Å². The zero-order valence-corrected chi connectivity index (χ0v) is 9.68. The summed E-state index contributed by atoms with van der Waals surface area (Å²) in [6, 6.07) is 0. The van der Waals surface area contributed by atoms with Crippen molar-refractivity contribution in [3.63, 3.8) is 0 Å². The van der Waals surface area contributed by atoms with E-state index in [0.717, 1.165) is 12.5 Å². The van der Waals surface area contributed by atoms with E-state index in [1.54, 1.807) is 0 Å². The molecule has 0 bridgehead atoms. The molecular weight excluding hydrogens is 174 g/mol. The summed E-state index contributed by atoms with van der Waals surface area (Å²) in [6.45, 7) is 6.74. The summed E-state index contributed by atoms with van der Waals surface area (Å²) in [5.74, 6) is 1.61. The molecule has 0 aromatic carbocycles. The first-order chi connectivity index (χ1) is 6.68. The summed E-state index contributed by atoms with van der Waals surface area (Å²) < 4.78 is 5.82. The predicted molar refractivity (Wildman–Crippen MR) is 58.3 cm³/mol. The smallest absolute Gasteiger partial charge is 0.0603 e. The molecular formula is C12H23NO. The number of nitrogens with one attached hydrogen (secondary N) is 1. The Kier molecular flexibility index (Phi) is 2.85. The van der Waals surface area contributed by atoms with Gasteiger partial charge in [-0.1, -0.05) is 13.8 Å². The molecule has 2 aliphatic rings. The predicted octanol–water partition coefficient (Wildman–Crippen LogP) is 2.05. The van der Waals surface area contributed by atoms with E-state index in [2.05, 4.69) is 26.2 Å². The largest absolute Gasteiger partial charge is 0.378 e. The third-order valence-electron chi connectivity index (χ3n) is 4.09. The zero-order valence-electron chi connectivity index (χ0n) is 9.68. The first-order valence-electron chi connectivity index (χ1n) is 5.94. The van der Waals surface area contributed by atoms with Crippen molar-refractivity contribution in [2.75, 3.05) is 20.2 Å². The Balaban J connectivity index is 1.89. The molecule has 2 fully saturated rings. The lowest BCUT2D eigenvalue weighted by Gasteiger charge is -2.33. The minimum absolute atomic E-state index is 0.519. The quantitative estimate of drug-likeness (QED) is 0.747. The standard InChI is InChI=1S/C12H23NO/c1-9(2)11-7-12(4-5-14-11)6-10(12)8-13-3/h9-11,13H,4-8H2,1-3H3. The molecule has 1 spiro atoms. The highest BCUT2D eigenvalue weighted by atomic mass is 16.5. The van der Waals surface area contributed by atoms with Crippen LogP contribution in [0.3, 0.4) is 0 Å². The van der Waals surface area contributed by atoms with Crippen LogP contribution in [-0.2, 0) is 4.74 Å². The highest BCUT2D eigenvalue weighted by Crippen LogP contribution is 2.60. The fourth-order valence-corrected chi connectivity index (χ4v) is 2.93. The topological polar surface area (TPSA) is 21.3 Å². The van der Waals surface area contributed by atoms with E-state index in [1.807, 2.05) is 0 Å². The van der Waals surface area contributed by atoms with Gasteiger partial charge >= 0.3 is 0 Å². The summed E-state index contributed by atoms with van der Waals surface area (Å²) in [6.07, 6.45) is 4.55. The van der Waals surface area contributed by atoms with Crippen LogP contribution >= 0.6 is 0 Å². The molecule has 82 valence electrons. The van der Waals surface area contributed by atoms with E-state index in [0.29, 0.717) is 17.4 Å². The van der Waals surface area contributed by atoms with Crippen LogP contribution in [0.15, 0.2) is 0 Å². The highest BCUT2D eigenvalue weighted by Gasteiger charge is 2.55. The van der Waals surface area contributed by atoms with Crippen LogP contribution in [0.25, 0.3) is 0 Å². The van der Waals surface area contributed by atoms with Gasteiger partial charge in [0.2, 0.25) is 0 Å². The van der Waals surface area contributed by atoms with Gasteiger partial charge in [-0.15, -0.1) is 0 Å². The van der Waals surface area contributed by atoms with Crippen molar-refractivity contribution in [2.24, 2.45) is 17.3 Å². The van der Waals surface area contributed by atoms with Crippen molar-refractivity contribution < 1.29 is 4.74 Å². The van der Waals surface area contributed by atoms with Crippen molar-refractivity contribution in [3.8, 4) is 0 Å². The number of ether oxygens (including phenoxy) is 1. The Morgan fingerprint density at radius 3 is 2.86 bits per heavy atom. The highest BCUT2D eigenvalue weighted by molar-refractivity contribution is 5.05. The van der Waals surface area contributed by atoms with E-state index < -0.39 is 0 Å². The minimum atomic E-state index is 0.519. The maximum Gasteiger partial charge on any atom is 0.0603 e. The van der Waals surface area contributed by atoms with Crippen LogP contribution in [0.2, 0.25) is 0 Å². The molecule has 2 nitrogen and oxygen atoms in total. The Hall–Kier alpha value is -0.0800. The first kappa shape index (κ1) is 10.4. The Labute approximate surface area is 87.4 Å². The average molecular weight is 197 g/mol. The SMILES string of the molecule is CNCC1CC12CCOC(C(C)C)C2. The first-order valence-corrected chi connectivity index (χ1v) is 5.94. The number of hydrogen-bond acceptors (Lipinski definition) is 2. The van der Waals surface area contributed by atoms with Crippen molar-refractivity contribution in [2.45, 2.75) is 39.2 Å². The second-order valence-corrected chi connectivity index (χ2v) is 5.43. The maximum atomic E-state index is 5.82. The van der Waals surface area contributed by atoms with Gasteiger partial charge in [-0.05, 0) is 50.1 Å². The minimum Gasteiger partial charge on any atom is -0.378 e. The summed E-state index contributed by atoms with van der Waals surface area (Å²) in [7, 11) is 2.06. The summed E-state index contributed by atoms with van der Waals surface area (Å²) in [5.41, 5.74) is 0.663. The lowest BCUT2D eigenvalue weighted by molar-refractivity contribution is -0.0443. The molecule has 0 radical (unpaired) electrons. The molecule has 3 atom stereocenters. The molecule has 1 saturated heterocycles. The molecule has 3 unspecified atom stereocenters. The van der Waals surface area contributed by atoms with Gasteiger partial charge in [0, 0.05) is 6.61 Å². The van der Waals surface area contributed by atoms with Gasteiger partial charge in [0.25, 0.3) is 0 Å². The molecule has 1 aliphatic carbocycles. The number of rotatable bonds is 3. The van der Waals surface area contributed by atoms with Gasteiger partial charge < -0.3 is 10.1 Å². The fraction of sp³-hybridized carbons (Fsp3) is 1.00. The molecule has 0 aromatic rings. The molecule has 14 heavy (non-hydrogen) atoms. The van der Waals surface area contributed by atoms with Crippen molar-refractivity contribution in [1.29, 1.82) is 0 Å². The normalized spacial score (nSPS) is 42.0. The molecule has 1 N–H and O–H groups in total. The van der Waals surface area contributed by atoms with Crippen molar-refractivity contribution in [1.82, 2.24) is 5.32 Å². The van der Waals surface area contributed by atoms with Gasteiger partial charge in [-0.3, -0.25) is 0 Å². The van der Waals surface area contributed by atoms with Gasteiger partial charge in [-0.25, -0.2) is 0 Å². The van der Waals surface area contributed by atoms with Gasteiger partial charge in [0.15, 0.2) is 0 Å². The van der Waals surface area contributed by atoms with Crippen LogP contribution in [0.4, 0.5) is 0 Å². The Morgan fingerprint density at radius 2 is 2.21 bits per heavy atom. The second-order valence-electron chi connectivity index (χ2n) is 5.43. The van der Waals surface area contributed by atoms with E-state index >= 15 is 0 Å². The monoisotopic (exact) mass is 197 g/mol. The van der Waals surface area contributed by atoms with Crippen LogP contribution in [0, 0.1) is 17.3 Å². The third-order valence-corrected chi connectivity index (χ3v) is 4.09. The summed E-state index contributed by atoms with van der Waals surface area (Å²) in [5, 5.41) is 3.30. The fourth-order valence-electron chi connectivity index (χ4n) is 2.93. The number of hydrogen-bond donors (Lipinski definition) is 1. The molecule has 0 aromatic heterocycles. The summed E-state index contributed by atoms with van der Waals surface area (Å²) >= 11 is 0. The van der Waals surface area contributed by atoms with Crippen LogP contribution in [0.5, 0.6) is 0 Å². The molecule has 2 heteroatoms. The lowest BCUT2D eigenvalue weighted by atomic mass is 9.86. The molecule has 2 rings (SSSR count). The Morgan fingerprint density at radius 1 is 1.43 bits per heavy atom. The van der Waals surface area contributed by atoms with Crippen LogP contribution in [0.1, 0.15) is 33.1 Å². The Bertz CT molecular complexity index is 204. The zero-order chi connectivity index (χ0) is 10.2. The van der Waals surface area contributed by atoms with Crippen molar-refractivity contribution >= 4 is 0 Å². The van der Waals surface area contributed by atoms with Crippen molar-refractivity contribution in [3.05, 3.63) is 0 Å². The van der Waals surface area contributed by atoms with Crippen LogP contribution in [-0.4, -0.2) is 26.3 Å². The van der Waals surface area contributed by atoms with Gasteiger partial charge in [0.05, 0.1) is 6.10 Å². The molecule has 1 saturated carbocycles. The van der Waals surface area contributed by atoms with E-state index in [9.17, 15) is 0 Å². The van der Waals surface area contributed by atoms with E-state index in [4.69, 9.17) is 4.74 Å². The van der Waals surface area contributed by atoms with E-state index in [-0.39, 0.29) is 0 Å². The lowest BCUT2D eigenvalue weighted by Crippen LogP contribution is -2.32. The van der Waals surface area contributed by atoms with E-state index in [1.165, 1.54) is 25.8 Å². The van der Waals surface area contributed by atoms with Gasteiger partial charge in [-0.2, -0.15) is 0 Å². The third kappa shape index (κ3) is 1.82. The molecule has 1 aliphatic heterocycles.